The van der Waals surface area contributed by atoms with E-state index in [0.717, 1.165) is 44.3 Å². The highest BCUT2D eigenvalue weighted by Crippen LogP contribution is 2.61. The van der Waals surface area contributed by atoms with Gasteiger partial charge in [-0.2, -0.15) is 0 Å². The van der Waals surface area contributed by atoms with Gasteiger partial charge in [0.05, 0.1) is 0 Å². The van der Waals surface area contributed by atoms with Crippen LogP contribution < -0.4 is 4.74 Å². The third-order valence-electron chi connectivity index (χ3n) is 8.97. The van der Waals surface area contributed by atoms with Gasteiger partial charge in [0.2, 0.25) is 0 Å². The van der Waals surface area contributed by atoms with E-state index < -0.39 is 0 Å². The molecule has 0 amide bonds. The summed E-state index contributed by atoms with van der Waals surface area (Å²) < 4.78 is 25.9. The van der Waals surface area contributed by atoms with Gasteiger partial charge in [-0.15, -0.1) is 0 Å². The average Bonchev–Trinajstić information content (AvgIpc) is 3.17. The van der Waals surface area contributed by atoms with E-state index in [0.29, 0.717) is 29.7 Å². The lowest BCUT2D eigenvalue weighted by Gasteiger charge is -2.50. The van der Waals surface area contributed by atoms with Gasteiger partial charge in [0.1, 0.15) is 24.3 Å². The molecule has 182 valence electrons. The number of fused-ring (bicyclic) bond motifs is 5. The Balaban J connectivity index is 1.27. The first-order valence-electron chi connectivity index (χ1n) is 13.2. The number of aryl methyl sites for hydroxylation is 1. The zero-order valence-corrected chi connectivity index (χ0v) is 20.5. The van der Waals surface area contributed by atoms with E-state index in [1.54, 1.807) is 12.1 Å². The number of ether oxygens (including phenoxy) is 2. The first-order chi connectivity index (χ1) is 16.5. The van der Waals surface area contributed by atoms with Gasteiger partial charge < -0.3 is 9.47 Å². The normalized spacial score (nSPS) is 29.6. The van der Waals surface area contributed by atoms with Crippen molar-refractivity contribution in [2.45, 2.75) is 90.3 Å². The summed E-state index contributed by atoms with van der Waals surface area (Å²) in [5, 5.41) is 0. The predicted octanol–water partition coefficient (Wildman–Crippen LogP) is 7.36. The Morgan fingerprint density at radius 1 is 1.12 bits per heavy atom. The molecule has 3 aliphatic carbocycles. The van der Waals surface area contributed by atoms with Crippen molar-refractivity contribution in [2.24, 2.45) is 17.3 Å². The van der Waals surface area contributed by atoms with Crippen LogP contribution in [0, 0.1) is 23.1 Å². The third-order valence-corrected chi connectivity index (χ3v) is 8.97. The van der Waals surface area contributed by atoms with Crippen molar-refractivity contribution in [1.82, 2.24) is 0 Å². The quantitative estimate of drug-likeness (QED) is 0.402. The fourth-order valence-corrected chi connectivity index (χ4v) is 7.11. The molecule has 3 aliphatic rings. The molecule has 0 unspecified atom stereocenters. The third kappa shape index (κ3) is 4.36. The Kier molecular flexibility index (Phi) is 6.68. The lowest BCUT2D eigenvalue weighted by atomic mass is 9.55. The summed E-state index contributed by atoms with van der Waals surface area (Å²) in [4.78, 5) is 12.4. The van der Waals surface area contributed by atoms with Crippen LogP contribution in [0.5, 0.6) is 5.75 Å². The van der Waals surface area contributed by atoms with E-state index in [1.165, 1.54) is 30.0 Å². The maximum atomic E-state index is 13.9. The summed E-state index contributed by atoms with van der Waals surface area (Å²) in [5.74, 6) is 2.46. The van der Waals surface area contributed by atoms with E-state index in [4.69, 9.17) is 9.47 Å². The van der Waals surface area contributed by atoms with Crippen LogP contribution in [-0.2, 0) is 22.6 Å². The van der Waals surface area contributed by atoms with Crippen LogP contribution >= 0.6 is 0 Å². The Morgan fingerprint density at radius 2 is 1.97 bits per heavy atom. The van der Waals surface area contributed by atoms with E-state index in [9.17, 15) is 9.18 Å². The number of unbranched alkanes of at least 4 members (excludes halogenated alkanes) is 1. The Morgan fingerprint density at radius 3 is 2.79 bits per heavy atom. The maximum Gasteiger partial charge on any atom is 0.306 e. The van der Waals surface area contributed by atoms with Gasteiger partial charge >= 0.3 is 5.97 Å². The fraction of sp³-hybridized carbons (Fsp3) is 0.567. The number of hydrogen-bond donors (Lipinski definition) is 0. The second kappa shape index (κ2) is 9.71. The van der Waals surface area contributed by atoms with Gasteiger partial charge in [-0.05, 0) is 92.0 Å². The number of hydrogen-bond acceptors (Lipinski definition) is 3. The molecule has 0 aliphatic heterocycles. The van der Waals surface area contributed by atoms with Crippen LogP contribution in [0.15, 0.2) is 42.5 Å². The number of benzene rings is 2. The molecule has 0 heterocycles. The Bertz CT molecular complexity index is 1030. The van der Waals surface area contributed by atoms with Crippen molar-refractivity contribution in [3.8, 4) is 5.75 Å². The molecule has 0 spiro atoms. The van der Waals surface area contributed by atoms with E-state index >= 15 is 0 Å². The molecule has 2 fully saturated rings. The molecule has 0 saturated heterocycles. The van der Waals surface area contributed by atoms with Crippen molar-refractivity contribution in [3.63, 3.8) is 0 Å². The van der Waals surface area contributed by atoms with Crippen LogP contribution in [0.4, 0.5) is 4.39 Å². The molecule has 2 aromatic carbocycles. The Labute approximate surface area is 203 Å². The monoisotopic (exact) mass is 464 g/mol. The summed E-state index contributed by atoms with van der Waals surface area (Å²) in [7, 11) is 0. The van der Waals surface area contributed by atoms with Gasteiger partial charge in [-0.1, -0.05) is 44.5 Å². The molecule has 4 heteroatoms. The zero-order valence-electron chi connectivity index (χ0n) is 20.5. The largest absolute Gasteiger partial charge is 0.489 e. The molecule has 2 saturated carbocycles. The smallest absolute Gasteiger partial charge is 0.306 e. The molecule has 0 bridgehead atoms. The minimum Gasteiger partial charge on any atom is -0.489 e. The van der Waals surface area contributed by atoms with Crippen molar-refractivity contribution in [1.29, 1.82) is 0 Å². The summed E-state index contributed by atoms with van der Waals surface area (Å²) >= 11 is 0. The van der Waals surface area contributed by atoms with Crippen molar-refractivity contribution in [2.75, 3.05) is 0 Å². The first kappa shape index (κ1) is 23.4. The summed E-state index contributed by atoms with van der Waals surface area (Å²) in [6, 6.07) is 13.3. The van der Waals surface area contributed by atoms with Crippen LogP contribution in [0.25, 0.3) is 0 Å². The topological polar surface area (TPSA) is 35.5 Å². The molecule has 5 atom stereocenters. The standard InChI is InChI=1S/C30H37FO3/c1-3-4-9-29(32)34-28-15-14-26-25-12-10-20-18-22(33-19-21-7-5-6-8-27(21)31)11-13-23(20)24(25)16-17-30(26,28)2/h5-8,11,13,18,24-26,28H,3-4,9-10,12,14-17,19H2,1-2H3/t24-,25-,26-,28-,30+/m1/s1. The average molecular weight is 465 g/mol. The molecular formula is C30H37FO3. The zero-order chi connectivity index (χ0) is 23.7. The van der Waals surface area contributed by atoms with Gasteiger partial charge in [-0.25, -0.2) is 4.39 Å². The fourth-order valence-electron chi connectivity index (χ4n) is 7.11. The molecule has 34 heavy (non-hydrogen) atoms. The van der Waals surface area contributed by atoms with Gasteiger partial charge in [0, 0.05) is 17.4 Å². The highest BCUT2D eigenvalue weighted by molar-refractivity contribution is 5.69. The first-order valence-corrected chi connectivity index (χ1v) is 13.2. The molecule has 3 nitrogen and oxygen atoms in total. The van der Waals surface area contributed by atoms with Crippen LogP contribution in [0.1, 0.15) is 87.8 Å². The van der Waals surface area contributed by atoms with Crippen molar-refractivity contribution < 1.29 is 18.7 Å². The molecule has 2 aromatic rings. The highest BCUT2D eigenvalue weighted by Gasteiger charge is 2.56. The lowest BCUT2D eigenvalue weighted by molar-refractivity contribution is -0.157. The van der Waals surface area contributed by atoms with Crippen molar-refractivity contribution >= 4 is 5.97 Å². The van der Waals surface area contributed by atoms with Crippen LogP contribution in [-0.4, -0.2) is 12.1 Å². The Hall–Kier alpha value is -2.36. The van der Waals surface area contributed by atoms with Crippen LogP contribution in [0.2, 0.25) is 0 Å². The molecule has 0 radical (unpaired) electrons. The minimum atomic E-state index is -0.223. The second-order valence-electron chi connectivity index (χ2n) is 10.9. The number of esters is 1. The van der Waals surface area contributed by atoms with E-state index in [-0.39, 0.29) is 29.9 Å². The summed E-state index contributed by atoms with van der Waals surface area (Å²) in [5.41, 5.74) is 3.55. The van der Waals surface area contributed by atoms with Gasteiger partial charge in [0.15, 0.2) is 0 Å². The maximum absolute atomic E-state index is 13.9. The highest BCUT2D eigenvalue weighted by atomic mass is 19.1. The van der Waals surface area contributed by atoms with E-state index in [1.807, 2.05) is 6.07 Å². The SMILES string of the molecule is CCCCC(=O)O[C@@H]1CC[C@@H]2[C@@H]3CCc4cc(OCc5ccccc5F)ccc4[C@H]3CC[C@@]21C. The number of carbonyl (C=O) groups excluding carboxylic acids is 1. The molecule has 0 aromatic heterocycles. The molecular weight excluding hydrogens is 427 g/mol. The van der Waals surface area contributed by atoms with Crippen molar-refractivity contribution in [3.05, 3.63) is 65.0 Å². The van der Waals surface area contributed by atoms with Gasteiger partial charge in [0.25, 0.3) is 0 Å². The minimum absolute atomic E-state index is 0.00671. The predicted molar refractivity (Wildman–Crippen MR) is 131 cm³/mol. The summed E-state index contributed by atoms with van der Waals surface area (Å²) in [6.45, 7) is 4.74. The van der Waals surface area contributed by atoms with Gasteiger partial charge in [-0.3, -0.25) is 4.79 Å². The van der Waals surface area contributed by atoms with Crippen LogP contribution in [0.3, 0.4) is 0 Å². The number of rotatable bonds is 7. The number of carbonyl (C=O) groups is 1. The van der Waals surface area contributed by atoms with E-state index in [2.05, 4.69) is 32.0 Å². The number of halogens is 1. The molecule has 5 rings (SSSR count). The lowest BCUT2D eigenvalue weighted by Crippen LogP contribution is -2.45. The second-order valence-corrected chi connectivity index (χ2v) is 10.9. The molecule has 0 N–H and O–H groups in total. The summed E-state index contributed by atoms with van der Waals surface area (Å²) in [6.07, 6.45) is 9.27.